The summed E-state index contributed by atoms with van der Waals surface area (Å²) in [5, 5.41) is 87.4. The summed E-state index contributed by atoms with van der Waals surface area (Å²) in [5.74, 6) is -0.457. The number of fused-ring (bicyclic) bond motifs is 5. The van der Waals surface area contributed by atoms with Crippen LogP contribution in [0.4, 0.5) is 0 Å². The van der Waals surface area contributed by atoms with Crippen molar-refractivity contribution in [1.29, 1.82) is 0 Å². The van der Waals surface area contributed by atoms with Crippen molar-refractivity contribution < 1.29 is 50.3 Å². The van der Waals surface area contributed by atoms with Gasteiger partial charge in [0.25, 0.3) is 0 Å². The van der Waals surface area contributed by atoms with Gasteiger partial charge in [0.05, 0.1) is 36.1 Å². The van der Waals surface area contributed by atoms with Crippen LogP contribution in [0.15, 0.2) is 12.2 Å². The lowest BCUT2D eigenvalue weighted by Gasteiger charge is -2.72. The second-order valence-electron chi connectivity index (χ2n) is 17.9. The van der Waals surface area contributed by atoms with Gasteiger partial charge in [-0.1, -0.05) is 46.8 Å². The molecule has 0 bridgehead atoms. The molecule has 1 saturated heterocycles. The van der Waals surface area contributed by atoms with E-state index in [0.29, 0.717) is 25.7 Å². The van der Waals surface area contributed by atoms with Crippen LogP contribution in [0.25, 0.3) is 0 Å². The van der Waals surface area contributed by atoms with Crippen molar-refractivity contribution >= 4 is 0 Å². The Labute approximate surface area is 274 Å². The predicted molar refractivity (Wildman–Crippen MR) is 171 cm³/mol. The van der Waals surface area contributed by atoms with E-state index < -0.39 is 72.2 Å². The van der Waals surface area contributed by atoms with Crippen molar-refractivity contribution in [3.63, 3.8) is 0 Å². The molecule has 5 aliphatic rings. The summed E-state index contributed by atoms with van der Waals surface area (Å²) in [6, 6.07) is 0. The molecule has 266 valence electrons. The third-order valence-corrected chi connectivity index (χ3v) is 14.2. The van der Waals surface area contributed by atoms with Crippen LogP contribution in [0.2, 0.25) is 0 Å². The van der Waals surface area contributed by atoms with Gasteiger partial charge in [0.15, 0.2) is 6.29 Å². The van der Waals surface area contributed by atoms with E-state index in [9.17, 15) is 40.9 Å². The van der Waals surface area contributed by atoms with E-state index in [-0.39, 0.29) is 39.9 Å². The first-order valence-electron chi connectivity index (χ1n) is 17.5. The van der Waals surface area contributed by atoms with Gasteiger partial charge in [0.2, 0.25) is 0 Å². The first-order valence-corrected chi connectivity index (χ1v) is 17.5. The molecule has 1 heterocycles. The topological polar surface area (TPSA) is 180 Å². The summed E-state index contributed by atoms with van der Waals surface area (Å²) in [4.78, 5) is 0. The average Bonchev–Trinajstić information content (AvgIpc) is 3.32. The molecule has 0 amide bonds. The van der Waals surface area contributed by atoms with E-state index in [2.05, 4.69) is 34.6 Å². The van der Waals surface area contributed by atoms with Crippen LogP contribution in [0.5, 0.6) is 0 Å². The fourth-order valence-corrected chi connectivity index (χ4v) is 11.8. The smallest absolute Gasteiger partial charge is 0.186 e. The first kappa shape index (κ1) is 36.6. The Balaban J connectivity index is 1.54. The highest BCUT2D eigenvalue weighted by Gasteiger charge is 2.73. The molecule has 10 heteroatoms. The highest BCUT2D eigenvalue weighted by Crippen LogP contribution is 2.76. The molecule has 0 radical (unpaired) electrons. The fourth-order valence-electron chi connectivity index (χ4n) is 11.8. The van der Waals surface area contributed by atoms with Crippen molar-refractivity contribution in [1.82, 2.24) is 0 Å². The largest absolute Gasteiger partial charge is 0.394 e. The Morgan fingerprint density at radius 2 is 1.52 bits per heavy atom. The molecule has 0 unspecified atom stereocenters. The summed E-state index contributed by atoms with van der Waals surface area (Å²) in [6.45, 7) is 15.6. The lowest BCUT2D eigenvalue weighted by atomic mass is 9.34. The molecule has 0 aromatic carbocycles. The Bertz CT molecular complexity index is 1130. The summed E-state index contributed by atoms with van der Waals surface area (Å²) in [6.07, 6.45) is -0.816. The van der Waals surface area contributed by atoms with Crippen LogP contribution < -0.4 is 0 Å². The number of rotatable bonds is 7. The van der Waals surface area contributed by atoms with Gasteiger partial charge < -0.3 is 50.3 Å². The molecule has 0 spiro atoms. The van der Waals surface area contributed by atoms with E-state index in [1.807, 2.05) is 13.0 Å². The van der Waals surface area contributed by atoms with Gasteiger partial charge in [-0.2, -0.15) is 0 Å². The second kappa shape index (κ2) is 12.0. The summed E-state index contributed by atoms with van der Waals surface area (Å²) < 4.78 is 12.6. The maximum absolute atomic E-state index is 12.1. The van der Waals surface area contributed by atoms with Crippen molar-refractivity contribution in [3.05, 3.63) is 12.2 Å². The number of aliphatic hydroxyl groups is 8. The van der Waals surface area contributed by atoms with Gasteiger partial charge in [-0.3, -0.25) is 0 Å². The van der Waals surface area contributed by atoms with Crippen molar-refractivity contribution in [2.75, 3.05) is 6.61 Å². The predicted octanol–water partition coefficient (Wildman–Crippen LogP) is 2.27. The van der Waals surface area contributed by atoms with E-state index in [1.165, 1.54) is 0 Å². The van der Waals surface area contributed by atoms with E-state index >= 15 is 0 Å². The zero-order valence-corrected chi connectivity index (χ0v) is 29.1. The first-order chi connectivity index (χ1) is 21.0. The number of hydrogen-bond donors (Lipinski definition) is 8. The van der Waals surface area contributed by atoms with Crippen LogP contribution in [0.1, 0.15) is 100 Å². The molecule has 5 rings (SSSR count). The monoisotopic (exact) mass is 654 g/mol. The molecule has 8 N–H and O–H groups in total. The molecule has 46 heavy (non-hydrogen) atoms. The Morgan fingerprint density at radius 1 is 0.870 bits per heavy atom. The van der Waals surface area contributed by atoms with Crippen LogP contribution in [-0.2, 0) is 9.47 Å². The molecule has 5 fully saturated rings. The van der Waals surface area contributed by atoms with Gasteiger partial charge in [-0.15, -0.1) is 0 Å². The fraction of sp³-hybridized carbons (Fsp3) is 0.944. The molecule has 16 atom stereocenters. The minimum Gasteiger partial charge on any atom is -0.394 e. The molecule has 10 nitrogen and oxygen atoms in total. The van der Waals surface area contributed by atoms with E-state index in [0.717, 1.165) is 19.3 Å². The quantitative estimate of drug-likeness (QED) is 0.150. The average molecular weight is 655 g/mol. The van der Waals surface area contributed by atoms with Crippen molar-refractivity contribution in [3.8, 4) is 0 Å². The molecule has 0 aromatic rings. The summed E-state index contributed by atoms with van der Waals surface area (Å²) in [5.41, 5.74) is -3.78. The van der Waals surface area contributed by atoms with Gasteiger partial charge in [0, 0.05) is 0 Å². The van der Waals surface area contributed by atoms with E-state index in [4.69, 9.17) is 9.47 Å². The van der Waals surface area contributed by atoms with Crippen LogP contribution in [0.3, 0.4) is 0 Å². The van der Waals surface area contributed by atoms with Crippen LogP contribution in [0, 0.1) is 45.3 Å². The van der Waals surface area contributed by atoms with Crippen LogP contribution >= 0.6 is 0 Å². The molecule has 4 aliphatic carbocycles. The highest BCUT2D eigenvalue weighted by atomic mass is 16.7. The van der Waals surface area contributed by atoms with Crippen LogP contribution in [-0.4, -0.2) is 108 Å². The van der Waals surface area contributed by atoms with Gasteiger partial charge >= 0.3 is 0 Å². The maximum atomic E-state index is 12.1. The lowest BCUT2D eigenvalue weighted by molar-refractivity contribution is -0.346. The maximum Gasteiger partial charge on any atom is 0.186 e. The second-order valence-corrected chi connectivity index (χ2v) is 17.9. The minimum absolute atomic E-state index is 0.0847. The van der Waals surface area contributed by atoms with Crippen molar-refractivity contribution in [2.45, 2.75) is 161 Å². The van der Waals surface area contributed by atoms with E-state index in [1.54, 1.807) is 19.9 Å². The Kier molecular flexibility index (Phi) is 9.55. The van der Waals surface area contributed by atoms with Gasteiger partial charge in [0.1, 0.15) is 24.4 Å². The van der Waals surface area contributed by atoms with Gasteiger partial charge in [-0.25, -0.2) is 0 Å². The number of aliphatic hydroxyl groups excluding tert-OH is 6. The molecular weight excluding hydrogens is 592 g/mol. The summed E-state index contributed by atoms with van der Waals surface area (Å²) in [7, 11) is 0. The molecular formula is C36H62O10. The number of hydrogen-bond acceptors (Lipinski definition) is 10. The van der Waals surface area contributed by atoms with Crippen molar-refractivity contribution in [2.24, 2.45) is 45.3 Å². The number of ether oxygens (including phenoxy) is 2. The lowest BCUT2D eigenvalue weighted by Crippen LogP contribution is -2.71. The van der Waals surface area contributed by atoms with Gasteiger partial charge in [-0.05, 0) is 111 Å². The minimum atomic E-state index is -1.56. The highest BCUT2D eigenvalue weighted by molar-refractivity contribution is 5.22. The SMILES string of the molecule is CC(C)(O)/C=C/C[C@@](C)(O)[C@H]1CC[C@]2(C)[C@@H]1[C@H](O)C[C@@H]1[C@@]3(C)CC[C@H](O)C(C)(C)[C@@H]3[C@@H](O[C@@H]3O[C@H](CO)[C@@H](O)[C@H](O)[C@H]3O)C[C@]12C. The molecule has 4 saturated carbocycles. The third kappa shape index (κ3) is 5.64. The third-order valence-electron chi connectivity index (χ3n) is 14.2. The summed E-state index contributed by atoms with van der Waals surface area (Å²) >= 11 is 0. The molecule has 0 aromatic heterocycles. The zero-order valence-electron chi connectivity index (χ0n) is 29.1. The zero-order chi connectivity index (χ0) is 34.4. The standard InChI is InChI=1S/C36H62O10/c1-31(2,43)12-9-13-36(8,44)19-10-15-34(6)25(19)20(38)16-23-33(5)14-11-24(39)32(3,4)29(33)21(17-35(23,34)7)45-30-28(42)27(41)26(40)22(18-37)46-30/h9,12,19-30,37-44H,10-11,13-18H2,1-8H3/b12-9+/t19-,20+,21-,22+,23+,24-,25-,26+,27-,28+,29-,30+,33+,34+,35+,36+/m0/s1. The Hall–Kier alpha value is -0.660. The Morgan fingerprint density at radius 3 is 2.13 bits per heavy atom. The normalized spacial score (nSPS) is 52.1. The molecule has 1 aliphatic heterocycles.